The Labute approximate surface area is 156 Å². The van der Waals surface area contributed by atoms with Crippen LogP contribution in [0.2, 0.25) is 6.32 Å². The minimum absolute atomic E-state index is 0.0408. The maximum absolute atomic E-state index is 11.6. The summed E-state index contributed by atoms with van der Waals surface area (Å²) >= 11 is 0. The summed E-state index contributed by atoms with van der Waals surface area (Å²) in [4.78, 5) is 17.4. The zero-order valence-electron chi connectivity index (χ0n) is 14.6. The lowest BCUT2D eigenvalue weighted by atomic mass is 9.90. The molecule has 0 aliphatic carbocycles. The van der Waals surface area contributed by atoms with Crippen molar-refractivity contribution in [1.29, 1.82) is 5.41 Å². The number of benzene rings is 1. The fourth-order valence-corrected chi connectivity index (χ4v) is 2.95. The van der Waals surface area contributed by atoms with E-state index in [2.05, 4.69) is 4.98 Å². The van der Waals surface area contributed by atoms with Crippen molar-refractivity contribution in [2.45, 2.75) is 18.8 Å². The molecule has 1 saturated heterocycles. The Bertz CT molecular complexity index is 840. The van der Waals surface area contributed by atoms with Crippen molar-refractivity contribution in [2.24, 2.45) is 0 Å². The fraction of sp³-hybridized carbons (Fsp3) is 0.278. The van der Waals surface area contributed by atoms with E-state index >= 15 is 0 Å². The van der Waals surface area contributed by atoms with Crippen LogP contribution in [0.15, 0.2) is 36.7 Å². The smallest absolute Gasteiger partial charge is 0.343 e. The van der Waals surface area contributed by atoms with Crippen LogP contribution >= 0.6 is 0 Å². The van der Waals surface area contributed by atoms with Crippen molar-refractivity contribution < 1.29 is 24.8 Å². The van der Waals surface area contributed by atoms with Crippen molar-refractivity contribution in [2.75, 3.05) is 13.1 Å². The minimum atomic E-state index is -1.27. The van der Waals surface area contributed by atoms with Crippen molar-refractivity contribution in [3.05, 3.63) is 53.3 Å². The molecule has 0 unspecified atom stereocenters. The number of aryl methyl sites for hydroxylation is 1. The topological polar surface area (TPSA) is 127 Å². The first-order valence-corrected chi connectivity index (χ1v) is 8.60. The highest BCUT2D eigenvalue weighted by molar-refractivity contribution is 6.25. The van der Waals surface area contributed by atoms with Gasteiger partial charge < -0.3 is 24.9 Å². The summed E-state index contributed by atoms with van der Waals surface area (Å²) in [6.45, 7) is 0.889. The van der Waals surface area contributed by atoms with Crippen LogP contribution in [0.5, 0.6) is 11.5 Å². The van der Waals surface area contributed by atoms with Gasteiger partial charge in [-0.05, 0) is 36.5 Å². The highest BCUT2D eigenvalue weighted by atomic mass is 16.5. The Kier molecular flexibility index (Phi) is 5.61. The normalized spacial score (nSPS) is 13.7. The number of amidine groups is 1. The molecule has 4 N–H and O–H groups in total. The second-order valence-electron chi connectivity index (χ2n) is 6.31. The van der Waals surface area contributed by atoms with E-state index in [0.29, 0.717) is 42.8 Å². The van der Waals surface area contributed by atoms with Crippen molar-refractivity contribution >= 4 is 19.3 Å². The molecule has 8 nitrogen and oxygen atoms in total. The number of likely N-dealkylation sites (tertiary alicyclic amines) is 1. The van der Waals surface area contributed by atoms with Crippen LogP contribution in [0.25, 0.3) is 0 Å². The fourth-order valence-electron chi connectivity index (χ4n) is 2.95. The number of pyridine rings is 1. The molecule has 1 fully saturated rings. The molecular weight excluding hydrogens is 349 g/mol. The first-order valence-electron chi connectivity index (χ1n) is 8.60. The second-order valence-corrected chi connectivity index (χ2v) is 6.31. The van der Waals surface area contributed by atoms with E-state index < -0.39 is 5.97 Å². The second kappa shape index (κ2) is 8.09. The number of aromatic hydroxyl groups is 1. The van der Waals surface area contributed by atoms with Gasteiger partial charge in [0.15, 0.2) is 0 Å². The largest absolute Gasteiger partial charge is 0.507 e. The van der Waals surface area contributed by atoms with Crippen molar-refractivity contribution in [1.82, 2.24) is 9.88 Å². The molecule has 1 aliphatic heterocycles. The number of carboxylic acids is 1. The number of hydrogen-bond donors (Lipinski definition) is 4. The first kappa shape index (κ1) is 18.7. The van der Waals surface area contributed by atoms with E-state index in [1.54, 1.807) is 35.5 Å². The molecule has 9 heteroatoms. The minimum Gasteiger partial charge on any atom is -0.507 e. The summed E-state index contributed by atoms with van der Waals surface area (Å²) in [5.41, 5.74) is 0.890. The van der Waals surface area contributed by atoms with E-state index in [1.165, 1.54) is 6.07 Å². The van der Waals surface area contributed by atoms with E-state index in [4.69, 9.17) is 15.2 Å². The van der Waals surface area contributed by atoms with E-state index in [0.717, 1.165) is 0 Å². The number of nitrogens with zero attached hydrogens (tertiary/aromatic N) is 2. The average Bonchev–Trinajstić information content (AvgIpc) is 2.63. The molecule has 3 rings (SSSR count). The van der Waals surface area contributed by atoms with Crippen LogP contribution < -0.4 is 4.74 Å². The maximum Gasteiger partial charge on any atom is 0.343 e. The zero-order chi connectivity index (χ0) is 19.4. The molecule has 140 valence electrons. The van der Waals surface area contributed by atoms with E-state index in [-0.39, 0.29) is 30.6 Å². The van der Waals surface area contributed by atoms with Gasteiger partial charge in [-0.3, -0.25) is 10.4 Å². The quantitative estimate of drug-likeness (QED) is 0.324. The molecule has 27 heavy (non-hydrogen) atoms. The van der Waals surface area contributed by atoms with Gasteiger partial charge in [-0.2, -0.15) is 0 Å². The van der Waals surface area contributed by atoms with Gasteiger partial charge in [-0.15, -0.1) is 0 Å². The molecule has 0 bridgehead atoms. The molecule has 0 radical (unpaired) electrons. The van der Waals surface area contributed by atoms with Gasteiger partial charge in [0, 0.05) is 18.0 Å². The molecule has 2 aromatic rings. The predicted molar refractivity (Wildman–Crippen MR) is 100.0 cm³/mol. The Morgan fingerprint density at radius 2 is 2.15 bits per heavy atom. The Hall–Kier alpha value is -3.07. The van der Waals surface area contributed by atoms with E-state index in [9.17, 15) is 15.0 Å². The molecule has 1 aromatic heterocycles. The van der Waals surface area contributed by atoms with Crippen LogP contribution in [-0.2, 0) is 6.42 Å². The van der Waals surface area contributed by atoms with Crippen LogP contribution in [-0.4, -0.2) is 63.6 Å². The lowest BCUT2D eigenvalue weighted by molar-refractivity contribution is 0.0596. The third-order valence-electron chi connectivity index (χ3n) is 4.43. The van der Waals surface area contributed by atoms with Crippen LogP contribution in [0.1, 0.15) is 21.5 Å². The SMILES string of the molecule is N=C(c1cccnc1)N1CC(Oc2ccc(CCBO)c(O)c2C(=O)O)C1. The average molecular weight is 369 g/mol. The highest BCUT2D eigenvalue weighted by Crippen LogP contribution is 2.33. The van der Waals surface area contributed by atoms with Gasteiger partial charge in [-0.25, -0.2) is 4.79 Å². The zero-order valence-corrected chi connectivity index (χ0v) is 14.6. The number of aromatic carboxylic acids is 1. The number of aromatic nitrogens is 1. The van der Waals surface area contributed by atoms with Gasteiger partial charge >= 0.3 is 5.97 Å². The Morgan fingerprint density at radius 3 is 2.78 bits per heavy atom. The molecule has 0 atom stereocenters. The number of ether oxygens (including phenoxy) is 1. The predicted octanol–water partition coefficient (Wildman–Crippen LogP) is 0.879. The summed E-state index contributed by atoms with van der Waals surface area (Å²) < 4.78 is 5.76. The Morgan fingerprint density at radius 1 is 1.37 bits per heavy atom. The third-order valence-corrected chi connectivity index (χ3v) is 4.43. The molecule has 1 aromatic carbocycles. The number of hydrogen-bond acceptors (Lipinski definition) is 6. The summed E-state index contributed by atoms with van der Waals surface area (Å²) in [5, 5.41) is 36.8. The van der Waals surface area contributed by atoms with E-state index in [1.807, 2.05) is 0 Å². The summed E-state index contributed by atoms with van der Waals surface area (Å²) in [7, 11) is -0.0408. The van der Waals surface area contributed by atoms with Gasteiger partial charge in [0.25, 0.3) is 7.48 Å². The van der Waals surface area contributed by atoms with Gasteiger partial charge in [0.2, 0.25) is 0 Å². The molecule has 0 spiro atoms. The molecule has 0 saturated carbocycles. The first-order chi connectivity index (χ1) is 13.0. The molecular formula is C18H20BN3O5. The van der Waals surface area contributed by atoms with Crippen LogP contribution in [0.4, 0.5) is 0 Å². The lowest BCUT2D eigenvalue weighted by Crippen LogP contribution is -2.56. The van der Waals surface area contributed by atoms with Crippen LogP contribution in [0, 0.1) is 5.41 Å². The number of carboxylic acid groups (broad SMARTS) is 1. The lowest BCUT2D eigenvalue weighted by Gasteiger charge is -2.40. The van der Waals surface area contributed by atoms with Gasteiger partial charge in [0.05, 0.1) is 13.1 Å². The molecule has 2 heterocycles. The summed E-state index contributed by atoms with van der Waals surface area (Å²) in [6, 6.07) is 6.71. The number of rotatable bonds is 7. The van der Waals surface area contributed by atoms with Crippen molar-refractivity contribution in [3.8, 4) is 11.5 Å². The third kappa shape index (κ3) is 4.03. The maximum atomic E-state index is 11.6. The highest BCUT2D eigenvalue weighted by Gasteiger charge is 2.32. The summed E-state index contributed by atoms with van der Waals surface area (Å²) in [6.07, 6.45) is 3.79. The monoisotopic (exact) mass is 369 g/mol. The number of phenols is 1. The summed E-state index contributed by atoms with van der Waals surface area (Å²) in [5.74, 6) is -1.16. The standard InChI is InChI=1S/C18H20BN3O5/c20-17(12-2-1-7-21-8-12)22-9-13(10-22)27-14-4-3-11(5-6-19-26)16(23)15(14)18(24)25/h1-4,7-8,13,19-20,23,26H,5-6,9-10H2,(H,24,25). The van der Waals surface area contributed by atoms with Crippen molar-refractivity contribution in [3.63, 3.8) is 0 Å². The van der Waals surface area contributed by atoms with Gasteiger partial charge in [0.1, 0.15) is 29.0 Å². The molecule has 0 amide bonds. The Balaban J connectivity index is 1.67. The van der Waals surface area contributed by atoms with Gasteiger partial charge in [-0.1, -0.05) is 6.07 Å². The number of nitrogens with one attached hydrogen (secondary N) is 1. The molecule has 1 aliphatic rings. The number of carbonyl (C=O) groups is 1. The van der Waals surface area contributed by atoms with Crippen LogP contribution in [0.3, 0.4) is 0 Å².